The fraction of sp³-hybridized carbons (Fsp3) is 0.412. The minimum Gasteiger partial charge on any atom is -0.356 e. The molecule has 5 nitrogen and oxygen atoms in total. The number of aliphatic imine (C=N–C) groups is 1. The lowest BCUT2D eigenvalue weighted by atomic mass is 10.1. The summed E-state index contributed by atoms with van der Waals surface area (Å²) in [5.41, 5.74) is -1.04. The van der Waals surface area contributed by atoms with Crippen LogP contribution in [0.2, 0.25) is 0 Å². The molecule has 0 aliphatic carbocycles. The van der Waals surface area contributed by atoms with E-state index in [1.807, 2.05) is 19.2 Å². The van der Waals surface area contributed by atoms with E-state index in [1.54, 1.807) is 10.9 Å². The van der Waals surface area contributed by atoms with Crippen LogP contribution in [0.5, 0.6) is 0 Å². The van der Waals surface area contributed by atoms with Crippen molar-refractivity contribution in [2.45, 2.75) is 26.2 Å². The highest BCUT2D eigenvalue weighted by Crippen LogP contribution is 2.32. The molecular formula is C17H21F4N5. The maximum atomic E-state index is 13.1. The van der Waals surface area contributed by atoms with Crippen LogP contribution in [0.3, 0.4) is 0 Å². The maximum Gasteiger partial charge on any atom is 0.416 e. The Balaban J connectivity index is 1.91. The first-order valence-corrected chi connectivity index (χ1v) is 8.07. The minimum atomic E-state index is -4.62. The molecule has 0 aliphatic rings. The number of benzene rings is 1. The summed E-state index contributed by atoms with van der Waals surface area (Å²) in [6, 6.07) is 4.47. The Bertz CT molecular complexity index is 725. The molecular weight excluding hydrogens is 350 g/mol. The molecule has 0 radical (unpaired) electrons. The van der Waals surface area contributed by atoms with E-state index >= 15 is 0 Å². The average Bonchev–Trinajstić information content (AvgIpc) is 3.08. The Kier molecular flexibility index (Phi) is 6.59. The smallest absolute Gasteiger partial charge is 0.356 e. The Morgan fingerprint density at radius 2 is 2.08 bits per heavy atom. The molecule has 0 amide bonds. The number of hydrogen-bond acceptors (Lipinski definition) is 2. The number of halogens is 4. The Morgan fingerprint density at radius 1 is 1.31 bits per heavy atom. The van der Waals surface area contributed by atoms with Gasteiger partial charge in [-0.1, -0.05) is 13.0 Å². The highest BCUT2D eigenvalue weighted by molar-refractivity contribution is 5.79. The van der Waals surface area contributed by atoms with E-state index in [2.05, 4.69) is 20.7 Å². The quantitative estimate of drug-likeness (QED) is 0.466. The van der Waals surface area contributed by atoms with Crippen LogP contribution in [0.25, 0.3) is 0 Å². The van der Waals surface area contributed by atoms with Gasteiger partial charge in [-0.15, -0.1) is 0 Å². The zero-order valence-corrected chi connectivity index (χ0v) is 14.5. The summed E-state index contributed by atoms with van der Waals surface area (Å²) in [5.74, 6) is -0.323. The van der Waals surface area contributed by atoms with E-state index in [1.165, 1.54) is 7.05 Å². The monoisotopic (exact) mass is 371 g/mol. The summed E-state index contributed by atoms with van der Waals surface area (Å²) in [7, 11) is 1.53. The van der Waals surface area contributed by atoms with Gasteiger partial charge < -0.3 is 10.6 Å². The molecule has 2 N–H and O–H groups in total. The number of rotatable bonds is 6. The van der Waals surface area contributed by atoms with Crippen molar-refractivity contribution >= 4 is 5.96 Å². The second-order valence-corrected chi connectivity index (χ2v) is 5.94. The molecule has 1 atom stereocenters. The molecule has 0 aliphatic heterocycles. The fourth-order valence-corrected chi connectivity index (χ4v) is 2.43. The van der Waals surface area contributed by atoms with Crippen LogP contribution in [0.4, 0.5) is 17.6 Å². The van der Waals surface area contributed by atoms with E-state index < -0.39 is 17.6 Å². The summed E-state index contributed by atoms with van der Waals surface area (Å²) >= 11 is 0. The molecule has 0 fully saturated rings. The Labute approximate surface area is 149 Å². The molecule has 9 heteroatoms. The van der Waals surface area contributed by atoms with Crippen molar-refractivity contribution in [3.05, 3.63) is 53.6 Å². The van der Waals surface area contributed by atoms with E-state index in [9.17, 15) is 17.6 Å². The second-order valence-electron chi connectivity index (χ2n) is 5.94. The molecule has 2 rings (SSSR count). The Morgan fingerprint density at radius 3 is 2.69 bits per heavy atom. The van der Waals surface area contributed by atoms with Crippen molar-refractivity contribution in [2.75, 3.05) is 13.6 Å². The van der Waals surface area contributed by atoms with Crippen LogP contribution in [-0.4, -0.2) is 29.3 Å². The van der Waals surface area contributed by atoms with Crippen molar-refractivity contribution in [1.82, 2.24) is 20.4 Å². The molecule has 26 heavy (non-hydrogen) atoms. The molecule has 2 aromatic rings. The minimum absolute atomic E-state index is 0.0496. The molecule has 1 heterocycles. The average molecular weight is 371 g/mol. The highest BCUT2D eigenvalue weighted by atomic mass is 19.4. The number of nitrogens with zero attached hydrogens (tertiary/aromatic N) is 3. The molecule has 0 saturated heterocycles. The van der Waals surface area contributed by atoms with Crippen molar-refractivity contribution < 1.29 is 17.6 Å². The predicted octanol–water partition coefficient (Wildman–Crippen LogP) is 3.04. The lowest BCUT2D eigenvalue weighted by Gasteiger charge is -2.18. The topological polar surface area (TPSA) is 54.2 Å². The van der Waals surface area contributed by atoms with Crippen molar-refractivity contribution in [2.24, 2.45) is 10.9 Å². The summed E-state index contributed by atoms with van der Waals surface area (Å²) in [6.07, 6.45) is -1.06. The van der Waals surface area contributed by atoms with E-state index in [-0.39, 0.29) is 18.0 Å². The lowest BCUT2D eigenvalue weighted by molar-refractivity contribution is -0.138. The first kappa shape index (κ1) is 19.7. The maximum absolute atomic E-state index is 13.1. The van der Waals surface area contributed by atoms with Crippen molar-refractivity contribution in [3.63, 3.8) is 0 Å². The van der Waals surface area contributed by atoms with Gasteiger partial charge in [-0.3, -0.25) is 9.67 Å². The van der Waals surface area contributed by atoms with Gasteiger partial charge in [-0.25, -0.2) is 4.39 Å². The summed E-state index contributed by atoms with van der Waals surface area (Å²) in [5, 5.41) is 10.0. The van der Waals surface area contributed by atoms with Crippen LogP contribution >= 0.6 is 0 Å². The number of hydrogen-bond donors (Lipinski definition) is 2. The lowest BCUT2D eigenvalue weighted by Crippen LogP contribution is -2.40. The van der Waals surface area contributed by atoms with Crippen LogP contribution in [0, 0.1) is 11.7 Å². The zero-order chi connectivity index (χ0) is 19.2. The molecule has 1 unspecified atom stereocenters. The number of nitrogens with one attached hydrogen (secondary N) is 2. The standard InChI is InChI=1S/C17H21F4N5/c1-12(11-26-7-3-6-25-26)9-23-16(22-2)24-10-13-4-5-14(18)8-15(13)17(19,20)21/h3-8,12H,9-11H2,1-2H3,(H2,22,23,24). The normalized spacial score (nSPS) is 13.5. The molecule has 1 aromatic carbocycles. The molecule has 142 valence electrons. The van der Waals surface area contributed by atoms with Crippen LogP contribution in [0.1, 0.15) is 18.1 Å². The largest absolute Gasteiger partial charge is 0.416 e. The Hall–Kier alpha value is -2.58. The summed E-state index contributed by atoms with van der Waals surface area (Å²) in [4.78, 5) is 4.00. The van der Waals surface area contributed by atoms with Crippen molar-refractivity contribution in [3.8, 4) is 0 Å². The van der Waals surface area contributed by atoms with Crippen LogP contribution < -0.4 is 10.6 Å². The van der Waals surface area contributed by atoms with Gasteiger partial charge in [0.25, 0.3) is 0 Å². The van der Waals surface area contributed by atoms with Crippen LogP contribution in [0.15, 0.2) is 41.7 Å². The first-order valence-electron chi connectivity index (χ1n) is 8.07. The van der Waals surface area contributed by atoms with Crippen LogP contribution in [-0.2, 0) is 19.3 Å². The predicted molar refractivity (Wildman–Crippen MR) is 91.0 cm³/mol. The third kappa shape index (κ3) is 5.75. The zero-order valence-electron chi connectivity index (χ0n) is 14.5. The van der Waals surface area contributed by atoms with Gasteiger partial charge in [0.2, 0.25) is 0 Å². The molecule has 0 saturated carbocycles. The molecule has 1 aromatic heterocycles. The number of guanidine groups is 1. The van der Waals surface area contributed by atoms with E-state index in [4.69, 9.17) is 0 Å². The SMILES string of the molecule is CN=C(NCc1ccc(F)cc1C(F)(F)F)NCC(C)Cn1cccn1. The number of aromatic nitrogens is 2. The third-order valence-electron chi connectivity index (χ3n) is 3.72. The summed E-state index contributed by atoms with van der Waals surface area (Å²) < 4.78 is 54.0. The van der Waals surface area contributed by atoms with Gasteiger partial charge in [-0.05, 0) is 29.7 Å². The van der Waals surface area contributed by atoms with Gasteiger partial charge in [-0.2, -0.15) is 18.3 Å². The van der Waals surface area contributed by atoms with E-state index in [0.29, 0.717) is 25.1 Å². The van der Waals surface area contributed by atoms with Gasteiger partial charge >= 0.3 is 6.18 Å². The van der Waals surface area contributed by atoms with E-state index in [0.717, 1.165) is 12.1 Å². The number of alkyl halides is 3. The summed E-state index contributed by atoms with van der Waals surface area (Å²) in [6.45, 7) is 3.16. The molecule has 0 spiro atoms. The van der Waals surface area contributed by atoms with Crippen molar-refractivity contribution in [1.29, 1.82) is 0 Å². The van der Waals surface area contributed by atoms with Gasteiger partial charge in [0, 0.05) is 39.1 Å². The second kappa shape index (κ2) is 8.68. The molecule has 0 bridgehead atoms. The highest BCUT2D eigenvalue weighted by Gasteiger charge is 2.33. The fourth-order valence-electron chi connectivity index (χ4n) is 2.43. The van der Waals surface area contributed by atoms with Gasteiger partial charge in [0.1, 0.15) is 5.82 Å². The van der Waals surface area contributed by atoms with Gasteiger partial charge in [0.15, 0.2) is 5.96 Å². The third-order valence-corrected chi connectivity index (χ3v) is 3.72. The van der Waals surface area contributed by atoms with Gasteiger partial charge in [0.05, 0.1) is 5.56 Å². The first-order chi connectivity index (χ1) is 12.3.